The van der Waals surface area contributed by atoms with Crippen molar-refractivity contribution in [3.8, 4) is 17.2 Å². The first-order valence-corrected chi connectivity index (χ1v) is 9.01. The molecule has 1 aliphatic rings. The van der Waals surface area contributed by atoms with Gasteiger partial charge in [0.1, 0.15) is 19.0 Å². The largest absolute Gasteiger partial charge is 0.496 e. The van der Waals surface area contributed by atoms with Crippen molar-refractivity contribution in [3.63, 3.8) is 0 Å². The summed E-state index contributed by atoms with van der Waals surface area (Å²) in [5, 5.41) is 0. The monoisotopic (exact) mass is 417 g/mol. The first kappa shape index (κ1) is 18.3. The summed E-state index contributed by atoms with van der Waals surface area (Å²) in [6, 6.07) is 11.4. The van der Waals surface area contributed by atoms with Gasteiger partial charge in [0.2, 0.25) is 5.91 Å². The van der Waals surface area contributed by atoms with Crippen LogP contribution in [-0.2, 0) is 11.3 Å². The van der Waals surface area contributed by atoms with Crippen LogP contribution in [0.15, 0.2) is 46.9 Å². The highest BCUT2D eigenvalue weighted by Crippen LogP contribution is 2.31. The van der Waals surface area contributed by atoms with Crippen LogP contribution in [-0.4, -0.2) is 38.2 Å². The van der Waals surface area contributed by atoms with E-state index in [1.54, 1.807) is 31.2 Å². The van der Waals surface area contributed by atoms with Gasteiger partial charge in [0.05, 0.1) is 7.11 Å². The Morgan fingerprint density at radius 1 is 1.19 bits per heavy atom. The third-order valence-electron chi connectivity index (χ3n) is 4.00. The molecule has 3 rings (SSSR count). The third kappa shape index (κ3) is 4.38. The van der Waals surface area contributed by atoms with Crippen LogP contribution in [0.5, 0.6) is 17.2 Å². The summed E-state index contributed by atoms with van der Waals surface area (Å²) >= 11 is 3.43. The molecule has 1 heterocycles. The van der Waals surface area contributed by atoms with Gasteiger partial charge in [0.15, 0.2) is 11.5 Å². The number of ether oxygens (including phenoxy) is 3. The van der Waals surface area contributed by atoms with Crippen molar-refractivity contribution in [1.29, 1.82) is 0 Å². The van der Waals surface area contributed by atoms with E-state index in [4.69, 9.17) is 14.2 Å². The highest BCUT2D eigenvalue weighted by molar-refractivity contribution is 9.10. The fraction of sp³-hybridized carbons (Fsp3) is 0.250. The Kier molecular flexibility index (Phi) is 5.83. The van der Waals surface area contributed by atoms with Crippen molar-refractivity contribution in [2.24, 2.45) is 0 Å². The van der Waals surface area contributed by atoms with Crippen LogP contribution < -0.4 is 14.2 Å². The van der Waals surface area contributed by atoms with Gasteiger partial charge in [0.25, 0.3) is 0 Å². The van der Waals surface area contributed by atoms with E-state index in [0.717, 1.165) is 27.1 Å². The summed E-state index contributed by atoms with van der Waals surface area (Å²) in [6.07, 6.45) is 3.30. The zero-order valence-electron chi connectivity index (χ0n) is 14.7. The molecule has 0 aliphatic carbocycles. The number of halogens is 1. The number of likely N-dealkylation sites (N-methyl/N-ethyl adjacent to an activating group) is 1. The van der Waals surface area contributed by atoms with Crippen LogP contribution in [0.2, 0.25) is 0 Å². The van der Waals surface area contributed by atoms with E-state index < -0.39 is 0 Å². The van der Waals surface area contributed by atoms with Gasteiger partial charge in [-0.1, -0.05) is 22.0 Å². The lowest BCUT2D eigenvalue weighted by atomic mass is 10.1. The fourth-order valence-corrected chi connectivity index (χ4v) is 3.04. The number of rotatable bonds is 5. The molecule has 2 aromatic carbocycles. The third-order valence-corrected chi connectivity index (χ3v) is 4.49. The van der Waals surface area contributed by atoms with E-state index in [2.05, 4.69) is 15.9 Å². The lowest BCUT2D eigenvalue weighted by molar-refractivity contribution is -0.125. The minimum atomic E-state index is -0.0954. The SMILES string of the molecule is COc1ccc(Br)cc1C=CC(=O)N(C)Cc1ccc2c(c1)OCCO2. The van der Waals surface area contributed by atoms with Gasteiger partial charge in [-0.05, 0) is 42.0 Å². The van der Waals surface area contributed by atoms with E-state index >= 15 is 0 Å². The predicted molar refractivity (Wildman–Crippen MR) is 104 cm³/mol. The molecule has 6 heteroatoms. The summed E-state index contributed by atoms with van der Waals surface area (Å²) in [7, 11) is 3.37. The number of nitrogens with zero attached hydrogens (tertiary/aromatic N) is 1. The molecule has 5 nitrogen and oxygen atoms in total. The summed E-state index contributed by atoms with van der Waals surface area (Å²) in [5.41, 5.74) is 1.82. The summed E-state index contributed by atoms with van der Waals surface area (Å²) < 4.78 is 17.3. The van der Waals surface area contributed by atoms with E-state index in [1.165, 1.54) is 0 Å². The number of amides is 1. The van der Waals surface area contributed by atoms with Crippen molar-refractivity contribution in [2.75, 3.05) is 27.4 Å². The minimum absolute atomic E-state index is 0.0954. The Labute approximate surface area is 161 Å². The summed E-state index contributed by atoms with van der Waals surface area (Å²) in [5.74, 6) is 2.09. The zero-order chi connectivity index (χ0) is 18.5. The molecule has 0 fully saturated rings. The van der Waals surface area contributed by atoms with E-state index in [9.17, 15) is 4.79 Å². The van der Waals surface area contributed by atoms with E-state index in [1.807, 2.05) is 36.4 Å². The molecule has 0 saturated heterocycles. The number of carbonyl (C=O) groups is 1. The smallest absolute Gasteiger partial charge is 0.246 e. The molecule has 136 valence electrons. The summed E-state index contributed by atoms with van der Waals surface area (Å²) in [6.45, 7) is 1.59. The molecule has 1 aliphatic heterocycles. The maximum Gasteiger partial charge on any atom is 0.246 e. The van der Waals surface area contributed by atoms with Crippen molar-refractivity contribution >= 4 is 27.9 Å². The number of carbonyl (C=O) groups excluding carboxylic acids is 1. The number of hydrogen-bond donors (Lipinski definition) is 0. The van der Waals surface area contributed by atoms with Crippen molar-refractivity contribution in [2.45, 2.75) is 6.54 Å². The Bertz CT molecular complexity index is 835. The molecule has 0 unspecified atom stereocenters. The Hall–Kier alpha value is -2.47. The van der Waals surface area contributed by atoms with Gasteiger partial charge in [-0.2, -0.15) is 0 Å². The molecule has 26 heavy (non-hydrogen) atoms. The van der Waals surface area contributed by atoms with Crippen LogP contribution in [0.25, 0.3) is 6.08 Å². The molecule has 0 saturated carbocycles. The predicted octanol–water partition coefficient (Wildman–Crippen LogP) is 3.90. The Morgan fingerprint density at radius 3 is 2.73 bits per heavy atom. The molecular weight excluding hydrogens is 398 g/mol. The quantitative estimate of drug-likeness (QED) is 0.692. The molecule has 0 aromatic heterocycles. The van der Waals surface area contributed by atoms with Gasteiger partial charge in [-0.3, -0.25) is 4.79 Å². The first-order valence-electron chi connectivity index (χ1n) is 8.22. The van der Waals surface area contributed by atoms with Crippen LogP contribution in [0.4, 0.5) is 0 Å². The molecule has 1 amide bonds. The molecule has 2 aromatic rings. The fourth-order valence-electron chi connectivity index (χ4n) is 2.66. The van der Waals surface area contributed by atoms with Gasteiger partial charge < -0.3 is 19.1 Å². The summed E-state index contributed by atoms with van der Waals surface area (Å²) in [4.78, 5) is 14.1. The van der Waals surface area contributed by atoms with Crippen LogP contribution in [0.3, 0.4) is 0 Å². The van der Waals surface area contributed by atoms with Gasteiger partial charge in [0, 0.05) is 29.7 Å². The molecule has 0 bridgehead atoms. The number of hydrogen-bond acceptors (Lipinski definition) is 4. The number of fused-ring (bicyclic) bond motifs is 1. The van der Waals surface area contributed by atoms with Gasteiger partial charge in [-0.15, -0.1) is 0 Å². The highest BCUT2D eigenvalue weighted by atomic mass is 79.9. The topological polar surface area (TPSA) is 48.0 Å². The first-order chi connectivity index (χ1) is 12.6. The maximum atomic E-state index is 12.4. The van der Waals surface area contributed by atoms with Gasteiger partial charge in [-0.25, -0.2) is 0 Å². The molecule has 0 N–H and O–H groups in total. The van der Waals surface area contributed by atoms with E-state index in [0.29, 0.717) is 25.5 Å². The molecular formula is C20H20BrNO4. The van der Waals surface area contributed by atoms with E-state index in [-0.39, 0.29) is 5.91 Å². The second-order valence-corrected chi connectivity index (χ2v) is 6.81. The van der Waals surface area contributed by atoms with Crippen molar-refractivity contribution < 1.29 is 19.0 Å². The molecule has 0 spiro atoms. The average Bonchev–Trinajstić information content (AvgIpc) is 2.66. The molecule has 0 radical (unpaired) electrons. The van der Waals surface area contributed by atoms with Crippen molar-refractivity contribution in [3.05, 3.63) is 58.1 Å². The lowest BCUT2D eigenvalue weighted by Crippen LogP contribution is -2.24. The maximum absolute atomic E-state index is 12.4. The minimum Gasteiger partial charge on any atom is -0.496 e. The number of benzene rings is 2. The van der Waals surface area contributed by atoms with Crippen molar-refractivity contribution in [1.82, 2.24) is 4.90 Å². The number of methoxy groups -OCH3 is 1. The second-order valence-electron chi connectivity index (χ2n) is 5.89. The standard InChI is InChI=1S/C20H20BrNO4/c1-22(13-14-3-6-18-19(11-14)26-10-9-25-18)20(23)8-4-15-12-16(21)5-7-17(15)24-2/h3-8,11-12H,9-10,13H2,1-2H3. The lowest BCUT2D eigenvalue weighted by Gasteiger charge is -2.20. The molecule has 0 atom stereocenters. The van der Waals surface area contributed by atoms with Crippen LogP contribution in [0, 0.1) is 0 Å². The van der Waals surface area contributed by atoms with Crippen LogP contribution in [0.1, 0.15) is 11.1 Å². The van der Waals surface area contributed by atoms with Gasteiger partial charge >= 0.3 is 0 Å². The second kappa shape index (κ2) is 8.27. The normalized spacial score (nSPS) is 12.9. The van der Waals surface area contributed by atoms with Crippen LogP contribution >= 0.6 is 15.9 Å². The highest BCUT2D eigenvalue weighted by Gasteiger charge is 2.13. The zero-order valence-corrected chi connectivity index (χ0v) is 16.3. The average molecular weight is 418 g/mol. The Morgan fingerprint density at radius 2 is 1.96 bits per heavy atom. The Balaban J connectivity index is 1.67.